The molecule has 0 atom stereocenters. The molecule has 0 radical (unpaired) electrons. The number of nitrogens with one attached hydrogen (secondary N) is 1. The number of methoxy groups -OCH3 is 1. The number of hydrogen-bond donors (Lipinski definition) is 2. The summed E-state index contributed by atoms with van der Waals surface area (Å²) in [7, 11) is 1.51. The van der Waals surface area contributed by atoms with Crippen LogP contribution in [-0.4, -0.2) is 24.1 Å². The molecule has 0 aliphatic rings. The van der Waals surface area contributed by atoms with Crippen LogP contribution in [0.2, 0.25) is 0 Å². The Balaban J connectivity index is 1.92. The minimum atomic E-state index is -0.738. The summed E-state index contributed by atoms with van der Waals surface area (Å²) in [5.41, 5.74) is 6.79. The van der Waals surface area contributed by atoms with E-state index in [0.29, 0.717) is 22.6 Å². The van der Waals surface area contributed by atoms with Gasteiger partial charge in [-0.15, -0.1) is 0 Å². The van der Waals surface area contributed by atoms with Gasteiger partial charge in [-0.3, -0.25) is 14.9 Å². The Bertz CT molecular complexity index is 887. The number of ether oxygens (including phenoxy) is 1. The first-order valence-corrected chi connectivity index (χ1v) is 7.82. The topological polar surface area (TPSA) is 107 Å². The molecular weight excluding hydrogens is 330 g/mol. The lowest BCUT2D eigenvalue weighted by atomic mass is 10.1. The lowest BCUT2D eigenvalue weighted by Crippen LogP contribution is -2.17. The highest BCUT2D eigenvalue weighted by Crippen LogP contribution is 2.30. The molecule has 3 N–H and O–H groups in total. The van der Waals surface area contributed by atoms with E-state index in [0.717, 1.165) is 0 Å². The monoisotopic (exact) mass is 343 g/mol. The van der Waals surface area contributed by atoms with Gasteiger partial charge in [0.15, 0.2) is 0 Å². The fourth-order valence-corrected chi connectivity index (χ4v) is 2.78. The second-order valence-corrected chi connectivity index (χ2v) is 5.58. The number of amides is 2. The van der Waals surface area contributed by atoms with Gasteiger partial charge in [0.2, 0.25) is 5.88 Å². The fourth-order valence-electron chi connectivity index (χ4n) is 2.14. The Morgan fingerprint density at radius 1 is 1.33 bits per heavy atom. The van der Waals surface area contributed by atoms with Gasteiger partial charge in [-0.1, -0.05) is 11.2 Å². The Kier molecular flexibility index (Phi) is 4.30. The molecular formula is C16H13N3O4S. The van der Waals surface area contributed by atoms with Crippen LogP contribution in [0.1, 0.15) is 20.7 Å². The van der Waals surface area contributed by atoms with Crippen LogP contribution in [0.5, 0.6) is 5.75 Å². The van der Waals surface area contributed by atoms with Crippen molar-refractivity contribution in [3.63, 3.8) is 0 Å². The number of primary amides is 1. The van der Waals surface area contributed by atoms with E-state index >= 15 is 0 Å². The van der Waals surface area contributed by atoms with Crippen molar-refractivity contribution in [2.45, 2.75) is 0 Å². The van der Waals surface area contributed by atoms with Gasteiger partial charge in [0.25, 0.3) is 11.8 Å². The van der Waals surface area contributed by atoms with Gasteiger partial charge in [-0.05, 0) is 29.6 Å². The molecule has 0 bridgehead atoms. The number of nitrogens with two attached hydrogens (primary N) is 1. The summed E-state index contributed by atoms with van der Waals surface area (Å²) in [6, 6.07) is 8.35. The SMILES string of the molecule is COc1cccc(C(=O)Nc2onc(-c3ccsc3)c2C(N)=O)c1. The third-order valence-electron chi connectivity index (χ3n) is 3.29. The first-order valence-electron chi connectivity index (χ1n) is 6.87. The van der Waals surface area contributed by atoms with Gasteiger partial charge in [0.1, 0.15) is 17.0 Å². The van der Waals surface area contributed by atoms with Gasteiger partial charge in [0.05, 0.1) is 7.11 Å². The number of benzene rings is 1. The van der Waals surface area contributed by atoms with Crippen LogP contribution in [0.3, 0.4) is 0 Å². The standard InChI is InChI=1S/C16H13N3O4S/c1-22-11-4-2-3-9(7-11)15(21)18-16-12(14(17)20)13(19-23-16)10-5-6-24-8-10/h2-8H,1H3,(H2,17,20)(H,18,21). The van der Waals surface area contributed by atoms with E-state index in [1.807, 2.05) is 5.38 Å². The number of carbonyl (C=O) groups excluding carboxylic acids is 2. The van der Waals surface area contributed by atoms with E-state index in [1.54, 1.807) is 35.7 Å². The van der Waals surface area contributed by atoms with Crippen molar-refractivity contribution < 1.29 is 18.8 Å². The van der Waals surface area contributed by atoms with Crippen molar-refractivity contribution in [1.29, 1.82) is 0 Å². The number of hydrogen-bond acceptors (Lipinski definition) is 6. The van der Waals surface area contributed by atoms with Gasteiger partial charge in [0, 0.05) is 16.5 Å². The second-order valence-electron chi connectivity index (χ2n) is 4.80. The van der Waals surface area contributed by atoms with E-state index in [4.69, 9.17) is 15.0 Å². The summed E-state index contributed by atoms with van der Waals surface area (Å²) in [5, 5.41) is 10.0. The zero-order chi connectivity index (χ0) is 17.1. The van der Waals surface area contributed by atoms with Crippen LogP contribution < -0.4 is 15.8 Å². The lowest BCUT2D eigenvalue weighted by Gasteiger charge is -2.05. The third kappa shape index (κ3) is 2.99. The van der Waals surface area contributed by atoms with Gasteiger partial charge in [-0.2, -0.15) is 11.3 Å². The Labute approximate surface area is 141 Å². The second kappa shape index (κ2) is 6.55. The predicted octanol–water partition coefficient (Wildman–Crippen LogP) is 2.76. The average Bonchev–Trinajstić information content (AvgIpc) is 3.23. The number of rotatable bonds is 5. The first-order chi connectivity index (χ1) is 11.6. The maximum absolute atomic E-state index is 12.3. The predicted molar refractivity (Wildman–Crippen MR) is 89.3 cm³/mol. The molecule has 3 rings (SSSR count). The number of carbonyl (C=O) groups is 2. The van der Waals surface area contributed by atoms with Crippen LogP contribution in [0.25, 0.3) is 11.3 Å². The molecule has 3 aromatic rings. The summed E-state index contributed by atoms with van der Waals surface area (Å²) in [6.07, 6.45) is 0. The molecule has 0 unspecified atom stereocenters. The Morgan fingerprint density at radius 3 is 2.83 bits per heavy atom. The lowest BCUT2D eigenvalue weighted by molar-refractivity contribution is 0.100. The molecule has 1 aromatic carbocycles. The van der Waals surface area contributed by atoms with Crippen LogP contribution in [0, 0.1) is 0 Å². The average molecular weight is 343 g/mol. The summed E-state index contributed by atoms with van der Waals surface area (Å²) in [4.78, 5) is 24.1. The van der Waals surface area contributed by atoms with Crippen molar-refractivity contribution in [2.75, 3.05) is 12.4 Å². The van der Waals surface area contributed by atoms with Crippen molar-refractivity contribution in [2.24, 2.45) is 5.73 Å². The highest BCUT2D eigenvalue weighted by molar-refractivity contribution is 7.08. The molecule has 8 heteroatoms. The zero-order valence-electron chi connectivity index (χ0n) is 12.6. The highest BCUT2D eigenvalue weighted by atomic mass is 32.1. The smallest absolute Gasteiger partial charge is 0.258 e. The summed E-state index contributed by atoms with van der Waals surface area (Å²) in [5.74, 6) is -0.756. The normalized spacial score (nSPS) is 10.4. The molecule has 0 saturated heterocycles. The third-order valence-corrected chi connectivity index (χ3v) is 3.98. The van der Waals surface area contributed by atoms with Crippen molar-refractivity contribution in [1.82, 2.24) is 5.16 Å². The molecule has 0 aliphatic heterocycles. The van der Waals surface area contributed by atoms with Crippen LogP contribution in [-0.2, 0) is 0 Å². The molecule has 24 heavy (non-hydrogen) atoms. The fraction of sp³-hybridized carbons (Fsp3) is 0.0625. The van der Waals surface area contributed by atoms with E-state index < -0.39 is 11.8 Å². The van der Waals surface area contributed by atoms with Gasteiger partial charge >= 0.3 is 0 Å². The molecule has 0 spiro atoms. The number of nitrogens with zero attached hydrogens (tertiary/aromatic N) is 1. The van der Waals surface area contributed by atoms with Crippen molar-refractivity contribution in [3.05, 3.63) is 52.2 Å². The molecule has 0 aliphatic carbocycles. The van der Waals surface area contributed by atoms with Crippen molar-refractivity contribution in [3.8, 4) is 17.0 Å². The maximum atomic E-state index is 12.3. The van der Waals surface area contributed by atoms with Gasteiger partial charge < -0.3 is 15.0 Å². The minimum absolute atomic E-state index is 0.0321. The Morgan fingerprint density at radius 2 is 2.17 bits per heavy atom. The first kappa shape index (κ1) is 15.8. The highest BCUT2D eigenvalue weighted by Gasteiger charge is 2.24. The van der Waals surface area contributed by atoms with Crippen LogP contribution >= 0.6 is 11.3 Å². The quantitative estimate of drug-likeness (QED) is 0.740. The summed E-state index contributed by atoms with van der Waals surface area (Å²) in [6.45, 7) is 0. The zero-order valence-corrected chi connectivity index (χ0v) is 13.4. The molecule has 7 nitrogen and oxygen atoms in total. The number of aromatic nitrogens is 1. The number of thiophene rings is 1. The maximum Gasteiger partial charge on any atom is 0.258 e. The van der Waals surface area contributed by atoms with Crippen molar-refractivity contribution >= 4 is 29.0 Å². The Hall–Kier alpha value is -3.13. The molecule has 2 heterocycles. The van der Waals surface area contributed by atoms with E-state index in [1.165, 1.54) is 18.4 Å². The van der Waals surface area contributed by atoms with Gasteiger partial charge in [-0.25, -0.2) is 0 Å². The van der Waals surface area contributed by atoms with E-state index in [-0.39, 0.29) is 11.4 Å². The summed E-state index contributed by atoms with van der Waals surface area (Å²) >= 11 is 1.44. The summed E-state index contributed by atoms with van der Waals surface area (Å²) < 4.78 is 10.2. The molecule has 122 valence electrons. The van der Waals surface area contributed by atoms with Crippen LogP contribution in [0.4, 0.5) is 5.88 Å². The van der Waals surface area contributed by atoms with Crippen LogP contribution in [0.15, 0.2) is 45.6 Å². The molecule has 0 saturated carbocycles. The largest absolute Gasteiger partial charge is 0.497 e. The number of anilines is 1. The minimum Gasteiger partial charge on any atom is -0.497 e. The van der Waals surface area contributed by atoms with E-state index in [9.17, 15) is 9.59 Å². The molecule has 0 fully saturated rings. The molecule has 2 amide bonds. The molecule has 2 aromatic heterocycles. The van der Waals surface area contributed by atoms with E-state index in [2.05, 4.69) is 10.5 Å².